The first-order valence-corrected chi connectivity index (χ1v) is 10.6. The summed E-state index contributed by atoms with van der Waals surface area (Å²) in [6.45, 7) is 4.28. The molecule has 1 fully saturated rings. The van der Waals surface area contributed by atoms with E-state index >= 15 is 0 Å². The number of amides is 1. The average Bonchev–Trinajstić information content (AvgIpc) is 3.30. The van der Waals surface area contributed by atoms with E-state index in [1.54, 1.807) is 16.3 Å². The number of hydrogen-bond donors (Lipinski definition) is 2. The number of nitrogens with one attached hydrogen (secondary N) is 1. The minimum atomic E-state index is -0.157. The van der Waals surface area contributed by atoms with Gasteiger partial charge in [0.1, 0.15) is 6.73 Å². The number of benzene rings is 1. The van der Waals surface area contributed by atoms with Crippen LogP contribution in [0.25, 0.3) is 10.9 Å². The molecule has 5 rings (SSSR count). The number of fused-ring (bicyclic) bond motifs is 5. The fourth-order valence-corrected chi connectivity index (χ4v) is 5.86. The Balaban J connectivity index is 1.50. The second-order valence-electron chi connectivity index (χ2n) is 8.65. The Hall–Kier alpha value is -1.89. The minimum absolute atomic E-state index is 0.0264. The first-order chi connectivity index (χ1) is 13.6. The number of aliphatic hydroxyl groups is 1. The zero-order valence-corrected chi connectivity index (χ0v) is 16.8. The molecule has 0 spiro atoms. The van der Waals surface area contributed by atoms with E-state index < -0.39 is 0 Å². The summed E-state index contributed by atoms with van der Waals surface area (Å²) in [5, 5.41) is 12.4. The highest BCUT2D eigenvalue weighted by molar-refractivity contribution is 5.91. The molecule has 6 heteroatoms. The number of rotatable bonds is 4. The molecule has 28 heavy (non-hydrogen) atoms. The third kappa shape index (κ3) is 2.62. The second-order valence-corrected chi connectivity index (χ2v) is 8.65. The van der Waals surface area contributed by atoms with Gasteiger partial charge in [-0.3, -0.25) is 10.2 Å². The molecule has 150 valence electrons. The van der Waals surface area contributed by atoms with Crippen LogP contribution >= 0.6 is 0 Å². The van der Waals surface area contributed by atoms with Crippen LogP contribution < -0.4 is 5.43 Å². The van der Waals surface area contributed by atoms with Gasteiger partial charge in [0.2, 0.25) is 5.91 Å². The normalized spacial score (nSPS) is 26.5. The van der Waals surface area contributed by atoms with Gasteiger partial charge in [-0.1, -0.05) is 19.1 Å². The number of carbonyl (C=O) groups excluding carboxylic acids is 1. The van der Waals surface area contributed by atoms with Crippen molar-refractivity contribution in [3.8, 4) is 0 Å². The molecular formula is C22H30N4O2. The summed E-state index contributed by atoms with van der Waals surface area (Å²) in [4.78, 5) is 15.3. The first kappa shape index (κ1) is 18.2. The van der Waals surface area contributed by atoms with Gasteiger partial charge in [0.15, 0.2) is 0 Å². The van der Waals surface area contributed by atoms with E-state index in [9.17, 15) is 9.90 Å². The maximum Gasteiger partial charge on any atom is 0.238 e. The van der Waals surface area contributed by atoms with Crippen molar-refractivity contribution >= 4 is 16.8 Å². The predicted molar refractivity (Wildman–Crippen MR) is 109 cm³/mol. The van der Waals surface area contributed by atoms with Crippen molar-refractivity contribution in [2.75, 3.05) is 26.9 Å². The molecule has 3 atom stereocenters. The average molecular weight is 383 g/mol. The lowest BCUT2D eigenvalue weighted by Gasteiger charge is -2.45. The molecule has 3 heterocycles. The largest absolute Gasteiger partial charge is 0.379 e. The molecule has 1 aromatic heterocycles. The monoisotopic (exact) mass is 382 g/mol. The van der Waals surface area contributed by atoms with Crippen molar-refractivity contribution in [2.45, 2.75) is 51.1 Å². The van der Waals surface area contributed by atoms with E-state index in [1.165, 1.54) is 29.3 Å². The van der Waals surface area contributed by atoms with Gasteiger partial charge in [0.05, 0.1) is 5.92 Å². The molecular weight excluding hydrogens is 352 g/mol. The van der Waals surface area contributed by atoms with E-state index in [4.69, 9.17) is 0 Å². The van der Waals surface area contributed by atoms with Crippen molar-refractivity contribution in [3.63, 3.8) is 0 Å². The molecule has 1 aliphatic carbocycles. The Morgan fingerprint density at radius 2 is 2.25 bits per heavy atom. The van der Waals surface area contributed by atoms with Crippen LogP contribution in [0.5, 0.6) is 0 Å². The lowest BCUT2D eigenvalue weighted by molar-refractivity contribution is -0.134. The number of hydrogen-bond acceptors (Lipinski definition) is 4. The smallest absolute Gasteiger partial charge is 0.238 e. The van der Waals surface area contributed by atoms with Gasteiger partial charge in [0, 0.05) is 48.2 Å². The summed E-state index contributed by atoms with van der Waals surface area (Å²) < 4.78 is 2.54. The summed E-state index contributed by atoms with van der Waals surface area (Å²) in [5.74, 6) is 0.356. The minimum Gasteiger partial charge on any atom is -0.379 e. The Morgan fingerprint density at radius 3 is 3.04 bits per heavy atom. The zero-order chi connectivity index (χ0) is 19.4. The van der Waals surface area contributed by atoms with E-state index in [0.717, 1.165) is 25.9 Å². The molecule has 0 bridgehead atoms. The number of piperidine rings is 1. The standard InChI is InChI=1S/C22H30N4O2/c1-3-25(13-27)23-22(28)14-10-16-15-6-4-7-19-21(15)17(11-20(16)24(2)12-14)18-8-5-9-26(18)19/h4,6-7,14,16,20,27H,3,5,8-13H2,1-2H3,(H,23,28). The number of aryl methyl sites for hydroxylation is 1. The van der Waals surface area contributed by atoms with E-state index in [2.05, 4.69) is 40.1 Å². The van der Waals surface area contributed by atoms with Crippen molar-refractivity contribution in [3.05, 3.63) is 35.0 Å². The van der Waals surface area contributed by atoms with Crippen molar-refractivity contribution in [1.82, 2.24) is 19.9 Å². The summed E-state index contributed by atoms with van der Waals surface area (Å²) in [5.41, 5.74) is 8.84. The van der Waals surface area contributed by atoms with Crippen LogP contribution in [0.15, 0.2) is 18.2 Å². The molecule has 0 radical (unpaired) electrons. The van der Waals surface area contributed by atoms with Gasteiger partial charge < -0.3 is 14.6 Å². The molecule has 1 amide bonds. The number of aromatic nitrogens is 1. The number of likely N-dealkylation sites (tertiary alicyclic amines) is 1. The van der Waals surface area contributed by atoms with Gasteiger partial charge in [-0.25, -0.2) is 0 Å². The maximum absolute atomic E-state index is 12.9. The van der Waals surface area contributed by atoms with Gasteiger partial charge in [-0.15, -0.1) is 0 Å². The highest BCUT2D eigenvalue weighted by Crippen LogP contribution is 2.47. The molecule has 6 nitrogen and oxygen atoms in total. The molecule has 0 saturated carbocycles. The lowest BCUT2D eigenvalue weighted by Crippen LogP contribution is -2.54. The fraction of sp³-hybridized carbons (Fsp3) is 0.591. The Bertz CT molecular complexity index is 917. The molecule has 2 aliphatic heterocycles. The molecule has 2 N–H and O–H groups in total. The van der Waals surface area contributed by atoms with Gasteiger partial charge in [-0.2, -0.15) is 5.01 Å². The Kier molecular flexibility index (Phi) is 4.45. The van der Waals surface area contributed by atoms with E-state index in [0.29, 0.717) is 18.5 Å². The number of aliphatic hydroxyl groups excluding tert-OH is 1. The van der Waals surface area contributed by atoms with Crippen LogP contribution in [-0.2, 0) is 24.2 Å². The van der Waals surface area contributed by atoms with Gasteiger partial charge in [-0.05, 0) is 49.9 Å². The highest BCUT2D eigenvalue weighted by Gasteiger charge is 2.43. The topological polar surface area (TPSA) is 60.7 Å². The summed E-state index contributed by atoms with van der Waals surface area (Å²) in [6, 6.07) is 7.23. The second kappa shape index (κ2) is 6.87. The lowest BCUT2D eigenvalue weighted by atomic mass is 9.72. The van der Waals surface area contributed by atoms with Crippen LogP contribution in [0.4, 0.5) is 0 Å². The summed E-state index contributed by atoms with van der Waals surface area (Å²) >= 11 is 0. The van der Waals surface area contributed by atoms with Crippen LogP contribution in [0.2, 0.25) is 0 Å². The summed E-state index contributed by atoms with van der Waals surface area (Å²) in [7, 11) is 2.17. The van der Waals surface area contributed by atoms with E-state index in [-0.39, 0.29) is 18.6 Å². The van der Waals surface area contributed by atoms with Crippen LogP contribution in [0.3, 0.4) is 0 Å². The molecule has 3 aliphatic rings. The highest BCUT2D eigenvalue weighted by atomic mass is 16.3. The first-order valence-electron chi connectivity index (χ1n) is 10.6. The van der Waals surface area contributed by atoms with Crippen LogP contribution in [0.1, 0.15) is 42.5 Å². The Labute approximate surface area is 166 Å². The van der Waals surface area contributed by atoms with Crippen molar-refractivity contribution < 1.29 is 9.90 Å². The maximum atomic E-state index is 12.9. The molecule has 1 saturated heterocycles. The zero-order valence-electron chi connectivity index (χ0n) is 16.8. The van der Waals surface area contributed by atoms with Crippen LogP contribution in [0, 0.1) is 5.92 Å². The molecule has 1 aromatic carbocycles. The van der Waals surface area contributed by atoms with Crippen LogP contribution in [-0.4, -0.2) is 58.4 Å². The Morgan fingerprint density at radius 1 is 1.39 bits per heavy atom. The van der Waals surface area contributed by atoms with Crippen molar-refractivity contribution in [1.29, 1.82) is 0 Å². The third-order valence-corrected chi connectivity index (χ3v) is 7.22. The third-order valence-electron chi connectivity index (χ3n) is 7.22. The predicted octanol–water partition coefficient (Wildman–Crippen LogP) is 1.85. The molecule has 3 unspecified atom stereocenters. The number of likely N-dealkylation sites (N-methyl/N-ethyl adjacent to an activating group) is 1. The van der Waals surface area contributed by atoms with Gasteiger partial charge >= 0.3 is 0 Å². The summed E-state index contributed by atoms with van der Waals surface area (Å²) in [6.07, 6.45) is 4.43. The quantitative estimate of drug-likeness (QED) is 0.626. The van der Waals surface area contributed by atoms with Gasteiger partial charge in [0.25, 0.3) is 0 Å². The SMILES string of the molecule is CCN(CO)NC(=O)C1CC2c3cccc4c3c(c3n4CCC3)CC2N(C)C1. The number of nitrogens with zero attached hydrogens (tertiary/aromatic N) is 3. The van der Waals surface area contributed by atoms with Crippen molar-refractivity contribution in [2.24, 2.45) is 5.92 Å². The molecule has 2 aromatic rings. The van der Waals surface area contributed by atoms with E-state index in [1.807, 2.05) is 6.92 Å². The number of hydrazine groups is 1. The fourth-order valence-electron chi connectivity index (χ4n) is 5.86. The number of carbonyl (C=O) groups is 1.